The molecule has 29 heavy (non-hydrogen) atoms. The number of amides is 1. The molecule has 1 aromatic carbocycles. The minimum atomic E-state index is -0.707. The number of benzene rings is 1. The number of piperidine rings is 1. The third-order valence-electron chi connectivity index (χ3n) is 4.82. The maximum absolute atomic E-state index is 13.8. The van der Waals surface area contributed by atoms with Gasteiger partial charge in [-0.1, -0.05) is 6.92 Å². The lowest BCUT2D eigenvalue weighted by Gasteiger charge is -2.34. The van der Waals surface area contributed by atoms with E-state index in [9.17, 15) is 13.6 Å². The van der Waals surface area contributed by atoms with Crippen molar-refractivity contribution in [3.8, 4) is 11.6 Å². The van der Waals surface area contributed by atoms with E-state index in [1.54, 1.807) is 6.07 Å². The van der Waals surface area contributed by atoms with Crippen LogP contribution in [0.1, 0.15) is 36.5 Å². The van der Waals surface area contributed by atoms with E-state index < -0.39 is 11.6 Å². The monoisotopic (exact) mass is 405 g/mol. The molecular formula is C21H25F2N3O3. The van der Waals surface area contributed by atoms with E-state index in [0.717, 1.165) is 18.2 Å². The van der Waals surface area contributed by atoms with Crippen LogP contribution in [-0.4, -0.2) is 43.7 Å². The van der Waals surface area contributed by atoms with Crippen molar-refractivity contribution in [1.82, 2.24) is 10.3 Å². The van der Waals surface area contributed by atoms with E-state index in [4.69, 9.17) is 9.47 Å². The molecule has 156 valence electrons. The molecule has 1 fully saturated rings. The molecule has 1 N–H and O–H groups in total. The number of anilines is 1. The predicted molar refractivity (Wildman–Crippen MR) is 106 cm³/mol. The minimum Gasteiger partial charge on any atom is -0.487 e. The molecule has 1 aliphatic heterocycles. The van der Waals surface area contributed by atoms with Gasteiger partial charge in [-0.05, 0) is 18.6 Å². The molecular weight excluding hydrogens is 380 g/mol. The van der Waals surface area contributed by atoms with Gasteiger partial charge in [0, 0.05) is 50.8 Å². The van der Waals surface area contributed by atoms with E-state index in [1.807, 2.05) is 6.92 Å². The Morgan fingerprint density at radius 2 is 2.03 bits per heavy atom. The lowest BCUT2D eigenvalue weighted by Crippen LogP contribution is -2.39. The molecule has 8 heteroatoms. The Hall–Kier alpha value is -2.90. The van der Waals surface area contributed by atoms with Crippen molar-refractivity contribution in [2.24, 2.45) is 0 Å². The summed E-state index contributed by atoms with van der Waals surface area (Å²) >= 11 is 0. The molecule has 1 aromatic heterocycles. The number of carbonyl (C=O) groups excluding carboxylic acids is 1. The van der Waals surface area contributed by atoms with Crippen LogP contribution in [0.25, 0.3) is 0 Å². The Kier molecular flexibility index (Phi) is 6.85. The fraction of sp³-hybridized carbons (Fsp3) is 0.429. The summed E-state index contributed by atoms with van der Waals surface area (Å²) in [5.74, 6) is -1.04. The van der Waals surface area contributed by atoms with Gasteiger partial charge in [-0.3, -0.25) is 4.79 Å². The average molecular weight is 405 g/mol. The number of nitrogens with one attached hydrogen (secondary N) is 1. The van der Waals surface area contributed by atoms with Crippen LogP contribution in [-0.2, 0) is 0 Å². The van der Waals surface area contributed by atoms with E-state index in [2.05, 4.69) is 15.2 Å². The molecule has 0 bridgehead atoms. The second-order valence-electron chi connectivity index (χ2n) is 6.88. The zero-order valence-corrected chi connectivity index (χ0v) is 16.6. The first-order valence-corrected chi connectivity index (χ1v) is 9.70. The van der Waals surface area contributed by atoms with Gasteiger partial charge in [0.25, 0.3) is 5.91 Å². The van der Waals surface area contributed by atoms with E-state index >= 15 is 0 Å². The minimum absolute atomic E-state index is 0.0510. The summed E-state index contributed by atoms with van der Waals surface area (Å²) in [5.41, 5.74) is 1.24. The first-order valence-electron chi connectivity index (χ1n) is 9.70. The number of halogens is 2. The molecule has 2 heterocycles. The molecule has 6 nitrogen and oxygen atoms in total. The molecule has 2 aromatic rings. The maximum atomic E-state index is 13.8. The first kappa shape index (κ1) is 20.8. The predicted octanol–water partition coefficient (Wildman–Crippen LogP) is 3.56. The average Bonchev–Trinajstić information content (AvgIpc) is 2.74. The largest absolute Gasteiger partial charge is 0.487 e. The molecule has 0 atom stereocenters. The Morgan fingerprint density at radius 1 is 1.28 bits per heavy atom. The molecule has 1 saturated heterocycles. The summed E-state index contributed by atoms with van der Waals surface area (Å²) in [7, 11) is 1.53. The van der Waals surface area contributed by atoms with Crippen LogP contribution in [0.15, 0.2) is 30.5 Å². The highest BCUT2D eigenvalue weighted by molar-refractivity contribution is 5.99. The lowest BCUT2D eigenvalue weighted by atomic mass is 10.1. The first-order chi connectivity index (χ1) is 14.0. The number of methoxy groups -OCH3 is 1. The molecule has 1 aliphatic rings. The van der Waals surface area contributed by atoms with Crippen LogP contribution in [0.4, 0.5) is 14.5 Å². The molecule has 0 radical (unpaired) electrons. The molecule has 1 amide bonds. The standard InChI is InChI=1S/C21H25F2N3O3/c1-3-8-24-21(27)16-13-25-20(28-2)12-18(16)26-9-6-15(7-10-26)29-19-5-4-14(22)11-17(19)23/h4-5,11-13,15H,3,6-10H2,1-2H3,(H,24,27). The van der Waals surface area contributed by atoms with Crippen molar-refractivity contribution in [2.45, 2.75) is 32.3 Å². The highest BCUT2D eigenvalue weighted by Crippen LogP contribution is 2.29. The number of pyridine rings is 1. The number of rotatable bonds is 7. The highest BCUT2D eigenvalue weighted by Gasteiger charge is 2.25. The Balaban J connectivity index is 1.70. The number of nitrogens with zero attached hydrogens (tertiary/aromatic N) is 2. The van der Waals surface area contributed by atoms with Crippen LogP contribution in [0, 0.1) is 11.6 Å². The second kappa shape index (κ2) is 9.54. The summed E-state index contributed by atoms with van der Waals surface area (Å²) in [6.45, 7) is 3.81. The molecule has 0 aliphatic carbocycles. The number of aromatic nitrogens is 1. The van der Waals surface area contributed by atoms with Crippen LogP contribution in [0.2, 0.25) is 0 Å². The third kappa shape index (κ3) is 5.13. The number of hydrogen-bond donors (Lipinski definition) is 1. The normalized spacial score (nSPS) is 14.6. The van der Waals surface area contributed by atoms with Gasteiger partial charge < -0.3 is 19.7 Å². The van der Waals surface area contributed by atoms with Crippen molar-refractivity contribution in [3.05, 3.63) is 47.7 Å². The smallest absolute Gasteiger partial charge is 0.254 e. The maximum Gasteiger partial charge on any atom is 0.254 e. The zero-order chi connectivity index (χ0) is 20.8. The summed E-state index contributed by atoms with van der Waals surface area (Å²) in [6.07, 6.45) is 3.45. The van der Waals surface area contributed by atoms with Crippen LogP contribution in [0.3, 0.4) is 0 Å². The van der Waals surface area contributed by atoms with Gasteiger partial charge in [-0.2, -0.15) is 0 Å². The fourth-order valence-electron chi connectivity index (χ4n) is 3.27. The van der Waals surface area contributed by atoms with Gasteiger partial charge in [-0.15, -0.1) is 0 Å². The van der Waals surface area contributed by atoms with Crippen molar-refractivity contribution >= 4 is 11.6 Å². The van der Waals surface area contributed by atoms with Gasteiger partial charge in [0.1, 0.15) is 11.9 Å². The van der Waals surface area contributed by atoms with E-state index in [-0.39, 0.29) is 17.8 Å². The Bertz CT molecular complexity index is 855. The van der Waals surface area contributed by atoms with Crippen molar-refractivity contribution in [1.29, 1.82) is 0 Å². The van der Waals surface area contributed by atoms with Gasteiger partial charge >= 0.3 is 0 Å². The van der Waals surface area contributed by atoms with E-state index in [0.29, 0.717) is 43.9 Å². The van der Waals surface area contributed by atoms with Crippen LogP contribution < -0.4 is 19.7 Å². The fourth-order valence-corrected chi connectivity index (χ4v) is 3.27. The van der Waals surface area contributed by atoms with Crippen LogP contribution >= 0.6 is 0 Å². The topological polar surface area (TPSA) is 63.7 Å². The van der Waals surface area contributed by atoms with Crippen molar-refractivity contribution in [3.63, 3.8) is 0 Å². The number of hydrogen-bond acceptors (Lipinski definition) is 5. The van der Waals surface area contributed by atoms with Crippen LogP contribution in [0.5, 0.6) is 11.6 Å². The van der Waals surface area contributed by atoms with Gasteiger partial charge in [0.2, 0.25) is 5.88 Å². The second-order valence-corrected chi connectivity index (χ2v) is 6.88. The lowest BCUT2D eigenvalue weighted by molar-refractivity contribution is 0.0953. The van der Waals surface area contributed by atoms with Crippen molar-refractivity contribution in [2.75, 3.05) is 31.6 Å². The SMILES string of the molecule is CCCNC(=O)c1cnc(OC)cc1N1CCC(Oc2ccc(F)cc2F)CC1. The van der Waals surface area contributed by atoms with Gasteiger partial charge in [0.15, 0.2) is 11.6 Å². The zero-order valence-electron chi connectivity index (χ0n) is 16.6. The molecule has 3 rings (SSSR count). The molecule has 0 saturated carbocycles. The summed E-state index contributed by atoms with van der Waals surface area (Å²) in [5, 5.41) is 2.87. The third-order valence-corrected chi connectivity index (χ3v) is 4.82. The highest BCUT2D eigenvalue weighted by atomic mass is 19.1. The van der Waals surface area contributed by atoms with Gasteiger partial charge in [-0.25, -0.2) is 13.8 Å². The number of carbonyl (C=O) groups is 1. The molecule has 0 unspecified atom stereocenters. The van der Waals surface area contributed by atoms with Crippen molar-refractivity contribution < 1.29 is 23.0 Å². The quantitative estimate of drug-likeness (QED) is 0.763. The summed E-state index contributed by atoms with van der Waals surface area (Å²) in [4.78, 5) is 18.8. The van der Waals surface area contributed by atoms with Gasteiger partial charge in [0.05, 0.1) is 18.4 Å². The van der Waals surface area contributed by atoms with E-state index in [1.165, 1.54) is 25.4 Å². The molecule has 0 spiro atoms. The summed E-state index contributed by atoms with van der Waals surface area (Å²) in [6, 6.07) is 5.05. The Morgan fingerprint density at radius 3 is 2.69 bits per heavy atom. The Labute approximate surface area is 168 Å². The summed E-state index contributed by atoms with van der Waals surface area (Å²) < 4.78 is 37.8. The number of ether oxygens (including phenoxy) is 2.